The number of hydrogen-bond acceptors (Lipinski definition) is 2. The van der Waals surface area contributed by atoms with Crippen molar-refractivity contribution >= 4 is 5.91 Å². The number of nitrogens with zero attached hydrogens (tertiary/aromatic N) is 1. The van der Waals surface area contributed by atoms with Gasteiger partial charge in [-0.15, -0.1) is 0 Å². The molecule has 4 unspecified atom stereocenters. The molecule has 120 valence electrons. The Hall–Kier alpha value is -0.570. The molecule has 3 fully saturated rings. The Morgan fingerprint density at radius 1 is 1.00 bits per heavy atom. The molecular formula is C18H32N2O. The molecule has 3 heteroatoms. The van der Waals surface area contributed by atoms with Gasteiger partial charge in [-0.05, 0) is 56.3 Å². The minimum absolute atomic E-state index is 0.252. The first-order chi connectivity index (χ1) is 10.1. The molecule has 4 atom stereocenters. The molecule has 3 nitrogen and oxygen atoms in total. The molecule has 3 rings (SSSR count). The van der Waals surface area contributed by atoms with Crippen LogP contribution in [0, 0.1) is 23.7 Å². The summed E-state index contributed by atoms with van der Waals surface area (Å²) in [6, 6.07) is 0.847. The van der Waals surface area contributed by atoms with E-state index in [9.17, 15) is 4.79 Å². The Bertz CT molecular complexity index is 369. The number of carbonyl (C=O) groups is 1. The van der Waals surface area contributed by atoms with Crippen LogP contribution in [0.25, 0.3) is 0 Å². The first-order valence-corrected chi connectivity index (χ1v) is 9.08. The molecule has 0 spiro atoms. The van der Waals surface area contributed by atoms with E-state index in [1.165, 1.54) is 44.9 Å². The van der Waals surface area contributed by atoms with E-state index in [2.05, 4.69) is 18.9 Å². The SMILES string of the molecule is CC1CCCC(N(C)C(=O)C2CC3CCCC(C2)C3N)C1. The van der Waals surface area contributed by atoms with Gasteiger partial charge in [0.15, 0.2) is 0 Å². The summed E-state index contributed by atoms with van der Waals surface area (Å²) in [7, 11) is 2.05. The Morgan fingerprint density at radius 2 is 1.62 bits per heavy atom. The zero-order valence-corrected chi connectivity index (χ0v) is 13.8. The van der Waals surface area contributed by atoms with Crippen LogP contribution < -0.4 is 5.73 Å². The molecule has 0 aliphatic heterocycles. The molecular weight excluding hydrogens is 260 g/mol. The Labute approximate surface area is 129 Å². The van der Waals surface area contributed by atoms with Crippen LogP contribution in [-0.4, -0.2) is 29.9 Å². The predicted octanol–water partition coefficient (Wildman–Crippen LogP) is 3.18. The molecule has 0 radical (unpaired) electrons. The van der Waals surface area contributed by atoms with Gasteiger partial charge in [0.05, 0.1) is 0 Å². The van der Waals surface area contributed by atoms with Crippen molar-refractivity contribution in [3.05, 3.63) is 0 Å². The van der Waals surface area contributed by atoms with E-state index in [0.717, 1.165) is 18.8 Å². The molecule has 1 amide bonds. The van der Waals surface area contributed by atoms with Crippen LogP contribution in [0.4, 0.5) is 0 Å². The fourth-order valence-corrected chi connectivity index (χ4v) is 5.21. The highest BCUT2D eigenvalue weighted by molar-refractivity contribution is 5.79. The lowest BCUT2D eigenvalue weighted by Gasteiger charge is -2.45. The van der Waals surface area contributed by atoms with Gasteiger partial charge < -0.3 is 10.6 Å². The minimum Gasteiger partial charge on any atom is -0.343 e. The number of carbonyl (C=O) groups excluding carboxylic acids is 1. The van der Waals surface area contributed by atoms with Gasteiger partial charge in [-0.3, -0.25) is 4.79 Å². The normalized spacial score (nSPS) is 43.4. The predicted molar refractivity (Wildman–Crippen MR) is 85.7 cm³/mol. The fraction of sp³-hybridized carbons (Fsp3) is 0.944. The van der Waals surface area contributed by atoms with Crippen molar-refractivity contribution in [1.82, 2.24) is 4.90 Å². The lowest BCUT2D eigenvalue weighted by molar-refractivity contribution is -0.140. The number of rotatable bonds is 2. The topological polar surface area (TPSA) is 46.3 Å². The number of fused-ring (bicyclic) bond motifs is 2. The number of hydrogen-bond donors (Lipinski definition) is 1. The third-order valence-electron chi connectivity index (χ3n) is 6.57. The molecule has 2 bridgehead atoms. The smallest absolute Gasteiger partial charge is 0.225 e. The van der Waals surface area contributed by atoms with E-state index in [1.807, 2.05) is 0 Å². The quantitative estimate of drug-likeness (QED) is 0.849. The van der Waals surface area contributed by atoms with E-state index in [1.54, 1.807) is 0 Å². The van der Waals surface area contributed by atoms with Crippen LogP contribution in [0.2, 0.25) is 0 Å². The molecule has 2 N–H and O–H groups in total. The van der Waals surface area contributed by atoms with Gasteiger partial charge in [0.2, 0.25) is 5.91 Å². The second kappa shape index (κ2) is 6.28. The zero-order valence-electron chi connectivity index (χ0n) is 13.8. The van der Waals surface area contributed by atoms with Gasteiger partial charge in [0.1, 0.15) is 0 Å². The second-order valence-corrected chi connectivity index (χ2v) is 8.07. The first kappa shape index (κ1) is 15.3. The summed E-state index contributed by atoms with van der Waals surface area (Å²) >= 11 is 0. The monoisotopic (exact) mass is 292 g/mol. The van der Waals surface area contributed by atoms with Crippen molar-refractivity contribution in [2.75, 3.05) is 7.05 Å². The summed E-state index contributed by atoms with van der Waals surface area (Å²) < 4.78 is 0. The highest BCUT2D eigenvalue weighted by atomic mass is 16.2. The van der Waals surface area contributed by atoms with E-state index in [0.29, 0.717) is 29.8 Å². The third kappa shape index (κ3) is 3.13. The van der Waals surface area contributed by atoms with Crippen LogP contribution in [0.3, 0.4) is 0 Å². The Balaban J connectivity index is 1.62. The molecule has 3 aliphatic carbocycles. The summed E-state index contributed by atoms with van der Waals surface area (Å²) in [4.78, 5) is 15.0. The maximum Gasteiger partial charge on any atom is 0.225 e. The molecule has 21 heavy (non-hydrogen) atoms. The number of amides is 1. The van der Waals surface area contributed by atoms with Crippen LogP contribution in [0.5, 0.6) is 0 Å². The molecule has 3 aliphatic rings. The van der Waals surface area contributed by atoms with E-state index in [-0.39, 0.29) is 5.92 Å². The Kier molecular flexibility index (Phi) is 4.58. The van der Waals surface area contributed by atoms with E-state index in [4.69, 9.17) is 5.73 Å². The summed E-state index contributed by atoms with van der Waals surface area (Å²) in [5.74, 6) is 2.65. The van der Waals surface area contributed by atoms with Crippen molar-refractivity contribution in [2.45, 2.75) is 76.8 Å². The van der Waals surface area contributed by atoms with Crippen molar-refractivity contribution in [2.24, 2.45) is 29.4 Å². The second-order valence-electron chi connectivity index (χ2n) is 8.07. The summed E-state index contributed by atoms with van der Waals surface area (Å²) in [6.45, 7) is 2.33. The molecule has 3 saturated carbocycles. The van der Waals surface area contributed by atoms with Gasteiger partial charge in [0, 0.05) is 25.0 Å². The Morgan fingerprint density at radius 3 is 2.24 bits per heavy atom. The summed E-state index contributed by atoms with van der Waals surface area (Å²) in [6.07, 6.45) is 10.9. The molecule has 0 saturated heterocycles. The van der Waals surface area contributed by atoms with Gasteiger partial charge in [-0.25, -0.2) is 0 Å². The zero-order chi connectivity index (χ0) is 15.0. The lowest BCUT2D eigenvalue weighted by Crippen LogP contribution is -2.51. The van der Waals surface area contributed by atoms with Crippen molar-refractivity contribution in [1.29, 1.82) is 0 Å². The largest absolute Gasteiger partial charge is 0.343 e. The third-order valence-corrected chi connectivity index (χ3v) is 6.57. The lowest BCUT2D eigenvalue weighted by atomic mass is 9.65. The maximum atomic E-state index is 12.9. The summed E-state index contributed by atoms with van der Waals surface area (Å²) in [5, 5.41) is 0. The standard InChI is InChI=1S/C18H32N2O/c1-12-5-3-8-16(9-12)20(2)18(21)15-10-13-6-4-7-14(11-15)17(13)19/h12-17H,3-11,19H2,1-2H3. The van der Waals surface area contributed by atoms with E-state index < -0.39 is 0 Å². The molecule has 0 heterocycles. The van der Waals surface area contributed by atoms with Gasteiger partial charge in [0.25, 0.3) is 0 Å². The van der Waals surface area contributed by atoms with Gasteiger partial charge in [-0.1, -0.05) is 26.2 Å². The minimum atomic E-state index is 0.252. The van der Waals surface area contributed by atoms with Crippen molar-refractivity contribution < 1.29 is 4.79 Å². The van der Waals surface area contributed by atoms with Gasteiger partial charge in [-0.2, -0.15) is 0 Å². The average Bonchev–Trinajstić information content (AvgIpc) is 2.45. The van der Waals surface area contributed by atoms with Crippen LogP contribution in [-0.2, 0) is 4.79 Å². The van der Waals surface area contributed by atoms with Crippen LogP contribution in [0.15, 0.2) is 0 Å². The van der Waals surface area contributed by atoms with Gasteiger partial charge >= 0.3 is 0 Å². The van der Waals surface area contributed by atoms with Crippen molar-refractivity contribution in [3.63, 3.8) is 0 Å². The molecule has 0 aromatic rings. The summed E-state index contributed by atoms with van der Waals surface area (Å²) in [5.41, 5.74) is 6.36. The average molecular weight is 292 g/mol. The van der Waals surface area contributed by atoms with E-state index >= 15 is 0 Å². The van der Waals surface area contributed by atoms with Crippen molar-refractivity contribution in [3.8, 4) is 0 Å². The number of nitrogens with two attached hydrogens (primary N) is 1. The highest BCUT2D eigenvalue weighted by Crippen LogP contribution is 2.42. The van der Waals surface area contributed by atoms with Crippen LogP contribution >= 0.6 is 0 Å². The first-order valence-electron chi connectivity index (χ1n) is 9.08. The fourth-order valence-electron chi connectivity index (χ4n) is 5.21. The molecule has 0 aromatic heterocycles. The highest BCUT2D eigenvalue weighted by Gasteiger charge is 2.42. The molecule has 0 aromatic carbocycles. The maximum absolute atomic E-state index is 12.9. The van der Waals surface area contributed by atoms with Crippen LogP contribution in [0.1, 0.15) is 64.7 Å².